The van der Waals surface area contributed by atoms with Gasteiger partial charge in [0.05, 0.1) is 0 Å². The Hall–Kier alpha value is -1.60. The molecule has 0 saturated carbocycles. The molecule has 0 aliphatic rings. The Labute approximate surface area is 90.6 Å². The average molecular weight is 196 g/mol. The van der Waals surface area contributed by atoms with Gasteiger partial charge in [0, 0.05) is 6.54 Å². The van der Waals surface area contributed by atoms with Gasteiger partial charge >= 0.3 is 0 Å². The molecule has 0 unspecified atom stereocenters. The molecule has 0 atom stereocenters. The first-order valence-corrected chi connectivity index (χ1v) is 5.12. The van der Waals surface area contributed by atoms with E-state index in [0.717, 1.165) is 12.0 Å². The molecule has 1 radical (unpaired) electrons. The van der Waals surface area contributed by atoms with E-state index in [1.807, 2.05) is 12.1 Å². The molecule has 1 heteroatoms. The van der Waals surface area contributed by atoms with E-state index in [-0.39, 0.29) is 0 Å². The third-order valence-electron chi connectivity index (χ3n) is 2.41. The fourth-order valence-electron chi connectivity index (χ4n) is 1.54. The molecule has 0 bridgehead atoms. The van der Waals surface area contributed by atoms with Crippen molar-refractivity contribution in [3.05, 3.63) is 71.3 Å². The van der Waals surface area contributed by atoms with Crippen molar-refractivity contribution in [2.24, 2.45) is 5.73 Å². The van der Waals surface area contributed by atoms with Crippen molar-refractivity contribution in [2.75, 3.05) is 0 Å². The van der Waals surface area contributed by atoms with E-state index in [4.69, 9.17) is 5.73 Å². The Morgan fingerprint density at radius 1 is 0.933 bits per heavy atom. The molecule has 15 heavy (non-hydrogen) atoms. The predicted octanol–water partition coefficient (Wildman–Crippen LogP) is 2.54. The van der Waals surface area contributed by atoms with Crippen molar-refractivity contribution in [1.29, 1.82) is 0 Å². The minimum atomic E-state index is 0.585. The van der Waals surface area contributed by atoms with Crippen molar-refractivity contribution < 1.29 is 0 Å². The third kappa shape index (κ3) is 2.67. The van der Waals surface area contributed by atoms with Crippen molar-refractivity contribution in [3.8, 4) is 0 Å². The maximum Gasteiger partial charge on any atom is 0.0178 e. The lowest BCUT2D eigenvalue weighted by Crippen LogP contribution is -1.96. The summed E-state index contributed by atoms with van der Waals surface area (Å²) >= 11 is 0. The molecule has 2 rings (SSSR count). The zero-order chi connectivity index (χ0) is 10.5. The van der Waals surface area contributed by atoms with Gasteiger partial charge in [-0.05, 0) is 35.2 Å². The fraction of sp³-hybridized carbons (Fsp3) is 0.143. The van der Waals surface area contributed by atoms with Crippen LogP contribution in [0.3, 0.4) is 0 Å². The van der Waals surface area contributed by atoms with E-state index < -0.39 is 0 Å². The van der Waals surface area contributed by atoms with Gasteiger partial charge in [-0.2, -0.15) is 0 Å². The largest absolute Gasteiger partial charge is 0.326 e. The van der Waals surface area contributed by atoms with Gasteiger partial charge in [-0.15, -0.1) is 0 Å². The van der Waals surface area contributed by atoms with Crippen LogP contribution in [0.2, 0.25) is 0 Å². The van der Waals surface area contributed by atoms with E-state index in [1.165, 1.54) is 11.1 Å². The van der Waals surface area contributed by atoms with E-state index >= 15 is 0 Å². The van der Waals surface area contributed by atoms with Crippen LogP contribution in [0.25, 0.3) is 0 Å². The summed E-state index contributed by atoms with van der Waals surface area (Å²) in [5.41, 5.74) is 9.18. The first-order chi connectivity index (χ1) is 7.38. The van der Waals surface area contributed by atoms with Crippen molar-refractivity contribution in [2.45, 2.75) is 13.0 Å². The van der Waals surface area contributed by atoms with Crippen molar-refractivity contribution in [1.82, 2.24) is 0 Å². The number of hydrogen-bond acceptors (Lipinski definition) is 1. The Morgan fingerprint density at radius 2 is 1.73 bits per heavy atom. The zero-order valence-electron chi connectivity index (χ0n) is 8.61. The highest BCUT2D eigenvalue weighted by atomic mass is 14.5. The van der Waals surface area contributed by atoms with E-state index in [1.54, 1.807) is 0 Å². The molecule has 0 aliphatic heterocycles. The lowest BCUT2D eigenvalue weighted by Gasteiger charge is -2.02. The Balaban J connectivity index is 2.11. The topological polar surface area (TPSA) is 26.0 Å². The van der Waals surface area contributed by atoms with Crippen LogP contribution >= 0.6 is 0 Å². The zero-order valence-corrected chi connectivity index (χ0v) is 8.61. The van der Waals surface area contributed by atoms with Crippen LogP contribution in [0.4, 0.5) is 0 Å². The standard InChI is InChI=1S/C14H14N/c15-11-14-8-6-13(7-9-14)10-12-4-2-1-3-5-12/h1-6,8-9H,10-11,15H2. The van der Waals surface area contributed by atoms with Gasteiger partial charge < -0.3 is 5.73 Å². The van der Waals surface area contributed by atoms with Crippen LogP contribution in [-0.2, 0) is 13.0 Å². The maximum absolute atomic E-state index is 5.53. The molecule has 0 saturated heterocycles. The lowest BCUT2D eigenvalue weighted by atomic mass is 10.0. The number of rotatable bonds is 3. The summed E-state index contributed by atoms with van der Waals surface area (Å²) < 4.78 is 0. The maximum atomic E-state index is 5.53. The summed E-state index contributed by atoms with van der Waals surface area (Å²) in [7, 11) is 0. The number of benzene rings is 2. The fourth-order valence-corrected chi connectivity index (χ4v) is 1.54. The molecule has 0 heterocycles. The molecule has 2 aromatic rings. The van der Waals surface area contributed by atoms with E-state index in [2.05, 4.69) is 42.5 Å². The molecular weight excluding hydrogens is 182 g/mol. The third-order valence-corrected chi connectivity index (χ3v) is 2.41. The summed E-state index contributed by atoms with van der Waals surface area (Å²) in [6.07, 6.45) is 0.936. The molecule has 0 aromatic heterocycles. The van der Waals surface area contributed by atoms with Crippen LogP contribution < -0.4 is 5.73 Å². The van der Waals surface area contributed by atoms with Gasteiger partial charge in [0.25, 0.3) is 0 Å². The summed E-state index contributed by atoms with van der Waals surface area (Å²) in [6.45, 7) is 0.585. The Morgan fingerprint density at radius 3 is 2.33 bits per heavy atom. The van der Waals surface area contributed by atoms with Crippen LogP contribution in [0, 0.1) is 6.07 Å². The minimum Gasteiger partial charge on any atom is -0.326 e. The summed E-state index contributed by atoms with van der Waals surface area (Å²) in [4.78, 5) is 0. The summed E-state index contributed by atoms with van der Waals surface area (Å²) in [6, 6.07) is 19.8. The second-order valence-corrected chi connectivity index (χ2v) is 3.59. The smallest absolute Gasteiger partial charge is 0.0178 e. The Bertz CT molecular complexity index is 403. The van der Waals surface area contributed by atoms with Crippen molar-refractivity contribution in [3.63, 3.8) is 0 Å². The van der Waals surface area contributed by atoms with Crippen molar-refractivity contribution >= 4 is 0 Å². The molecular formula is C14H14N. The molecule has 2 aromatic carbocycles. The van der Waals surface area contributed by atoms with E-state index in [0.29, 0.717) is 6.54 Å². The normalized spacial score (nSPS) is 10.2. The summed E-state index contributed by atoms with van der Waals surface area (Å²) in [5.74, 6) is 0. The van der Waals surface area contributed by atoms with Gasteiger partial charge in [-0.3, -0.25) is 0 Å². The highest BCUT2D eigenvalue weighted by Gasteiger charge is 1.96. The van der Waals surface area contributed by atoms with Gasteiger partial charge in [-0.1, -0.05) is 42.5 Å². The first kappa shape index (κ1) is 9.94. The molecule has 0 amide bonds. The first-order valence-electron chi connectivity index (χ1n) is 5.12. The minimum absolute atomic E-state index is 0.585. The van der Waals surface area contributed by atoms with E-state index in [9.17, 15) is 0 Å². The average Bonchev–Trinajstić information content (AvgIpc) is 2.31. The molecule has 0 aliphatic carbocycles. The van der Waals surface area contributed by atoms with Gasteiger partial charge in [0.2, 0.25) is 0 Å². The van der Waals surface area contributed by atoms with Crippen LogP contribution in [0.15, 0.2) is 48.5 Å². The lowest BCUT2D eigenvalue weighted by molar-refractivity contribution is 1.06. The molecule has 0 fully saturated rings. The quantitative estimate of drug-likeness (QED) is 0.802. The van der Waals surface area contributed by atoms with Gasteiger partial charge in [0.1, 0.15) is 0 Å². The number of hydrogen-bond donors (Lipinski definition) is 1. The second kappa shape index (κ2) is 4.76. The van der Waals surface area contributed by atoms with Gasteiger partial charge in [-0.25, -0.2) is 0 Å². The Kier molecular flexibility index (Phi) is 3.15. The monoisotopic (exact) mass is 196 g/mol. The molecule has 1 nitrogen and oxygen atoms in total. The molecule has 75 valence electrons. The molecule has 2 N–H and O–H groups in total. The summed E-state index contributed by atoms with van der Waals surface area (Å²) in [5, 5.41) is 0. The molecule has 0 spiro atoms. The van der Waals surface area contributed by atoms with Gasteiger partial charge in [0.15, 0.2) is 0 Å². The highest BCUT2D eigenvalue weighted by Crippen LogP contribution is 2.09. The second-order valence-electron chi connectivity index (χ2n) is 3.59. The van der Waals surface area contributed by atoms with Crippen LogP contribution in [-0.4, -0.2) is 0 Å². The van der Waals surface area contributed by atoms with Crippen LogP contribution in [0.1, 0.15) is 16.7 Å². The number of nitrogens with two attached hydrogens (primary N) is 1. The highest BCUT2D eigenvalue weighted by molar-refractivity contribution is 5.27. The SMILES string of the molecule is NCc1c[c]c(Cc2ccccc2)cc1. The van der Waals surface area contributed by atoms with Crippen LogP contribution in [0.5, 0.6) is 0 Å². The predicted molar refractivity (Wildman–Crippen MR) is 62.4 cm³/mol.